The molecular formula is C84H54N2S. The summed E-state index contributed by atoms with van der Waals surface area (Å²) in [6.07, 6.45) is 0. The highest BCUT2D eigenvalue weighted by atomic mass is 32.1. The van der Waals surface area contributed by atoms with Gasteiger partial charge in [0.2, 0.25) is 0 Å². The van der Waals surface area contributed by atoms with Gasteiger partial charge in [-0.05, 0) is 210 Å². The first-order valence-corrected chi connectivity index (χ1v) is 30.7. The summed E-state index contributed by atoms with van der Waals surface area (Å²) in [5.41, 5.74) is 26.1. The molecule has 0 aliphatic heterocycles. The first-order chi connectivity index (χ1) is 43.1. The minimum atomic E-state index is 1.14. The molecule has 0 fully saturated rings. The fourth-order valence-corrected chi connectivity index (χ4v) is 14.5. The highest BCUT2D eigenvalue weighted by Gasteiger charge is 2.19. The van der Waals surface area contributed by atoms with Crippen LogP contribution < -0.4 is 0 Å². The maximum absolute atomic E-state index is 2.42. The van der Waals surface area contributed by atoms with Gasteiger partial charge in [-0.2, -0.15) is 0 Å². The van der Waals surface area contributed by atoms with E-state index in [4.69, 9.17) is 0 Å². The number of thiophene rings is 1. The molecule has 0 aliphatic carbocycles. The van der Waals surface area contributed by atoms with E-state index in [2.05, 4.69) is 337 Å². The molecule has 0 aliphatic rings. The second-order valence-electron chi connectivity index (χ2n) is 22.8. The number of nitrogens with zero attached hydrogens (tertiary/aromatic N) is 2. The molecule has 406 valence electrons. The van der Waals surface area contributed by atoms with Crippen LogP contribution in [0.4, 0.5) is 0 Å². The largest absolute Gasteiger partial charge is 0.309 e. The number of para-hydroxylation sites is 2. The Hall–Kier alpha value is -11.1. The quantitative estimate of drug-likeness (QED) is 0.129. The molecule has 2 nitrogen and oxygen atoms in total. The van der Waals surface area contributed by atoms with Crippen molar-refractivity contribution in [2.75, 3.05) is 0 Å². The van der Waals surface area contributed by atoms with Crippen LogP contribution >= 0.6 is 11.3 Å². The first-order valence-electron chi connectivity index (χ1n) is 29.9. The van der Waals surface area contributed by atoms with Gasteiger partial charge in [-0.25, -0.2) is 0 Å². The lowest BCUT2D eigenvalue weighted by molar-refractivity contribution is 1.18. The van der Waals surface area contributed by atoms with Crippen molar-refractivity contribution in [3.63, 3.8) is 0 Å². The fraction of sp³-hybridized carbons (Fsp3) is 0. The van der Waals surface area contributed by atoms with Crippen LogP contribution in [0, 0.1) is 0 Å². The standard InChI is InChI=1S/C84H54N2S/c1-4-17-55(18-5-1)56-19-12-20-57(45-56)58-21-13-22-59(46-58)60-23-14-24-61(47-60)62-25-15-26-63(48-62)64-27-16-28-65(49-64)66-35-40-79-74(50-66)75-51-67(36-41-80(75)85(79)71-29-6-2-7-30-71)68-37-42-81-76(52-68)77-53-69(38-43-82(77)86(81)72-31-8-3-9-32-72)70-39-44-84-78(54-70)73-33-10-11-34-83(73)87-84/h1-54H. The summed E-state index contributed by atoms with van der Waals surface area (Å²) < 4.78 is 7.48. The van der Waals surface area contributed by atoms with E-state index in [0.717, 1.165) is 11.4 Å². The van der Waals surface area contributed by atoms with E-state index < -0.39 is 0 Å². The lowest BCUT2D eigenvalue weighted by atomic mass is 9.93. The van der Waals surface area contributed by atoms with Crippen LogP contribution in [0.2, 0.25) is 0 Å². The first kappa shape index (κ1) is 50.4. The molecular weight excluding hydrogens is 1070 g/mol. The van der Waals surface area contributed by atoms with E-state index in [-0.39, 0.29) is 0 Å². The molecule has 0 radical (unpaired) electrons. The third-order valence-electron chi connectivity index (χ3n) is 17.7. The van der Waals surface area contributed by atoms with Crippen molar-refractivity contribution in [1.82, 2.24) is 9.13 Å². The molecule has 14 aromatic carbocycles. The molecule has 0 saturated carbocycles. The van der Waals surface area contributed by atoms with E-state index >= 15 is 0 Å². The highest BCUT2D eigenvalue weighted by molar-refractivity contribution is 7.25. The maximum atomic E-state index is 2.42. The summed E-state index contributed by atoms with van der Waals surface area (Å²) in [5, 5.41) is 7.52. The molecule has 0 amide bonds. The number of benzene rings is 14. The Labute approximate surface area is 509 Å². The number of aromatic nitrogens is 2. The molecule has 0 spiro atoms. The Balaban J connectivity index is 0.729. The molecule has 0 bridgehead atoms. The Morgan fingerprint density at radius 1 is 0.161 bits per heavy atom. The zero-order chi connectivity index (χ0) is 57.4. The minimum absolute atomic E-state index is 1.14. The molecule has 17 rings (SSSR count). The van der Waals surface area contributed by atoms with Gasteiger partial charge in [0.1, 0.15) is 0 Å². The highest BCUT2D eigenvalue weighted by Crippen LogP contribution is 2.43. The van der Waals surface area contributed by atoms with E-state index in [1.54, 1.807) is 0 Å². The Bertz CT molecular complexity index is 5510. The minimum Gasteiger partial charge on any atom is -0.309 e. The van der Waals surface area contributed by atoms with Crippen LogP contribution in [0.15, 0.2) is 328 Å². The fourth-order valence-electron chi connectivity index (χ4n) is 13.4. The summed E-state index contributed by atoms with van der Waals surface area (Å²) in [6, 6.07) is 121. The Morgan fingerprint density at radius 2 is 0.414 bits per heavy atom. The third kappa shape index (κ3) is 8.95. The van der Waals surface area contributed by atoms with Crippen molar-refractivity contribution in [1.29, 1.82) is 0 Å². The predicted octanol–water partition coefficient (Wildman–Crippen LogP) is 23.6. The SMILES string of the molecule is c1ccc(-c2cccc(-c3cccc(-c4cccc(-c5cccc(-c6cccc(-c7ccc8c(c7)c7cc(-c9ccc%10c(c9)c9cc(-c%11ccc%12sc%13ccccc%13c%12c%11)ccc9n%10-c9ccccc9)ccc7n8-c7ccccc7)c6)c5)c4)c3)c2)cc1. The van der Waals surface area contributed by atoms with Gasteiger partial charge in [0.15, 0.2) is 0 Å². The number of hydrogen-bond acceptors (Lipinski definition) is 1. The third-order valence-corrected chi connectivity index (χ3v) is 18.8. The Morgan fingerprint density at radius 3 is 0.770 bits per heavy atom. The summed E-state index contributed by atoms with van der Waals surface area (Å²) in [4.78, 5) is 0. The van der Waals surface area contributed by atoms with Crippen LogP contribution in [-0.4, -0.2) is 9.13 Å². The lowest BCUT2D eigenvalue weighted by Crippen LogP contribution is -1.93. The topological polar surface area (TPSA) is 9.86 Å². The molecule has 17 aromatic rings. The smallest absolute Gasteiger partial charge is 0.0541 e. The van der Waals surface area contributed by atoms with Crippen molar-refractivity contribution >= 4 is 75.1 Å². The lowest BCUT2D eigenvalue weighted by Gasteiger charge is -2.11. The molecule has 0 atom stereocenters. The van der Waals surface area contributed by atoms with Gasteiger partial charge in [0, 0.05) is 53.1 Å². The summed E-state index contributed by atoms with van der Waals surface area (Å²) in [7, 11) is 0. The van der Waals surface area contributed by atoms with E-state index in [9.17, 15) is 0 Å². The second kappa shape index (κ2) is 20.9. The molecule has 3 heteroatoms. The number of hydrogen-bond donors (Lipinski definition) is 0. The van der Waals surface area contributed by atoms with Gasteiger partial charge in [-0.3, -0.25) is 0 Å². The zero-order valence-electron chi connectivity index (χ0n) is 47.5. The zero-order valence-corrected chi connectivity index (χ0v) is 48.3. The maximum Gasteiger partial charge on any atom is 0.0541 e. The van der Waals surface area contributed by atoms with Crippen LogP contribution in [-0.2, 0) is 0 Å². The number of rotatable bonds is 10. The summed E-state index contributed by atoms with van der Waals surface area (Å²) >= 11 is 1.86. The van der Waals surface area contributed by atoms with E-state index in [1.807, 2.05) is 11.3 Å². The van der Waals surface area contributed by atoms with Gasteiger partial charge in [0.05, 0.1) is 22.1 Å². The normalized spacial score (nSPS) is 11.7. The van der Waals surface area contributed by atoms with Crippen molar-refractivity contribution in [2.24, 2.45) is 0 Å². The van der Waals surface area contributed by atoms with Crippen LogP contribution in [0.5, 0.6) is 0 Å². The predicted molar refractivity (Wildman–Crippen MR) is 371 cm³/mol. The van der Waals surface area contributed by atoms with Gasteiger partial charge in [0.25, 0.3) is 0 Å². The van der Waals surface area contributed by atoms with Crippen LogP contribution in [0.1, 0.15) is 0 Å². The average Bonchev–Trinajstić information content (AvgIpc) is 2.96. The number of fused-ring (bicyclic) bond motifs is 9. The average molecular weight is 1120 g/mol. The van der Waals surface area contributed by atoms with Gasteiger partial charge in [-0.15, -0.1) is 11.3 Å². The van der Waals surface area contributed by atoms with Crippen LogP contribution in [0.25, 0.3) is 164 Å². The molecule has 0 N–H and O–H groups in total. The molecule has 87 heavy (non-hydrogen) atoms. The molecule has 3 aromatic heterocycles. The van der Waals surface area contributed by atoms with Crippen molar-refractivity contribution < 1.29 is 0 Å². The second-order valence-corrected chi connectivity index (χ2v) is 23.9. The van der Waals surface area contributed by atoms with Gasteiger partial charge >= 0.3 is 0 Å². The molecule has 0 saturated heterocycles. The summed E-state index contributed by atoms with van der Waals surface area (Å²) in [6.45, 7) is 0. The van der Waals surface area contributed by atoms with E-state index in [0.29, 0.717) is 0 Å². The van der Waals surface area contributed by atoms with Gasteiger partial charge < -0.3 is 9.13 Å². The molecule has 3 heterocycles. The van der Waals surface area contributed by atoms with Crippen molar-refractivity contribution in [3.8, 4) is 100 Å². The Kier molecular flexibility index (Phi) is 12.1. The van der Waals surface area contributed by atoms with Crippen molar-refractivity contribution in [2.45, 2.75) is 0 Å². The summed E-state index contributed by atoms with van der Waals surface area (Å²) in [5.74, 6) is 0. The van der Waals surface area contributed by atoms with Crippen molar-refractivity contribution in [3.05, 3.63) is 328 Å². The monoisotopic (exact) mass is 1120 g/mol. The van der Waals surface area contributed by atoms with Crippen LogP contribution in [0.3, 0.4) is 0 Å². The van der Waals surface area contributed by atoms with E-state index in [1.165, 1.54) is 153 Å². The molecule has 0 unspecified atom stereocenters. The van der Waals surface area contributed by atoms with Gasteiger partial charge in [-0.1, -0.05) is 206 Å².